The number of likely N-dealkylation sites (N-methyl/N-ethyl adjacent to an activating group) is 1. The topological polar surface area (TPSA) is 128 Å². The summed E-state index contributed by atoms with van der Waals surface area (Å²) < 4.78 is 5.89. The van der Waals surface area contributed by atoms with Gasteiger partial charge in [-0.15, -0.1) is 0 Å². The van der Waals surface area contributed by atoms with Gasteiger partial charge in [0.05, 0.1) is 24.2 Å². The highest BCUT2D eigenvalue weighted by Crippen LogP contribution is 2.29. The third-order valence-corrected chi connectivity index (χ3v) is 10.3. The van der Waals surface area contributed by atoms with E-state index in [0.717, 1.165) is 30.6 Å². The average Bonchev–Trinajstić information content (AvgIpc) is 3.59. The SMILES string of the molecule is CC(C)CC[C@H](O)[C@H](CC1CCCCC1)NC(=O)[C@H](Cc1c[nH]cn1)N(C)C(=O)[C@H](Cc1ccccc1)OC(=O)N(C)CCSC(C)C. The van der Waals surface area contributed by atoms with Gasteiger partial charge in [-0.3, -0.25) is 9.59 Å². The van der Waals surface area contributed by atoms with Gasteiger partial charge in [0.1, 0.15) is 6.04 Å². The summed E-state index contributed by atoms with van der Waals surface area (Å²) in [6, 6.07) is 8.05. The molecule has 1 heterocycles. The molecule has 1 aromatic heterocycles. The van der Waals surface area contributed by atoms with E-state index in [2.05, 4.69) is 43.0 Å². The molecule has 2 aromatic rings. The van der Waals surface area contributed by atoms with Crippen molar-refractivity contribution in [2.24, 2.45) is 11.8 Å². The summed E-state index contributed by atoms with van der Waals surface area (Å²) in [6.07, 6.45) is 9.04. The van der Waals surface area contributed by atoms with Crippen LogP contribution in [0.25, 0.3) is 0 Å². The molecule has 1 fully saturated rings. The number of nitrogens with zero attached hydrogens (tertiary/aromatic N) is 3. The van der Waals surface area contributed by atoms with Crippen LogP contribution in [-0.2, 0) is 27.2 Å². The van der Waals surface area contributed by atoms with Crippen molar-refractivity contribution in [1.82, 2.24) is 25.1 Å². The zero-order chi connectivity index (χ0) is 35.1. The Labute approximate surface area is 292 Å². The van der Waals surface area contributed by atoms with Crippen LogP contribution in [-0.4, -0.2) is 98.7 Å². The fourth-order valence-electron chi connectivity index (χ4n) is 6.20. The maximum absolute atomic E-state index is 14.3. The van der Waals surface area contributed by atoms with Gasteiger partial charge in [-0.1, -0.05) is 90.1 Å². The van der Waals surface area contributed by atoms with E-state index in [-0.39, 0.29) is 18.7 Å². The first-order valence-electron chi connectivity index (χ1n) is 17.7. The molecule has 3 amide bonds. The number of benzene rings is 1. The molecule has 0 saturated heterocycles. The lowest BCUT2D eigenvalue weighted by Gasteiger charge is -2.34. The molecule has 11 heteroatoms. The summed E-state index contributed by atoms with van der Waals surface area (Å²) in [5, 5.41) is 15.0. The number of thioether (sulfide) groups is 1. The highest BCUT2D eigenvalue weighted by atomic mass is 32.2. The van der Waals surface area contributed by atoms with E-state index >= 15 is 0 Å². The molecule has 1 aliphatic rings. The first-order valence-corrected chi connectivity index (χ1v) is 18.8. The van der Waals surface area contributed by atoms with Crippen molar-refractivity contribution in [2.45, 2.75) is 121 Å². The number of aliphatic hydroxyl groups excluding tert-OH is 1. The summed E-state index contributed by atoms with van der Waals surface area (Å²) in [6.45, 7) is 8.95. The molecule has 0 spiro atoms. The molecule has 1 saturated carbocycles. The second-order valence-corrected chi connectivity index (χ2v) is 15.7. The summed E-state index contributed by atoms with van der Waals surface area (Å²) in [4.78, 5) is 51.9. The molecule has 0 unspecified atom stereocenters. The van der Waals surface area contributed by atoms with Crippen molar-refractivity contribution < 1.29 is 24.2 Å². The van der Waals surface area contributed by atoms with Crippen molar-refractivity contribution in [3.8, 4) is 0 Å². The summed E-state index contributed by atoms with van der Waals surface area (Å²) >= 11 is 1.74. The van der Waals surface area contributed by atoms with Gasteiger partial charge in [-0.2, -0.15) is 11.8 Å². The van der Waals surface area contributed by atoms with Crippen LogP contribution in [0.1, 0.15) is 90.3 Å². The van der Waals surface area contributed by atoms with Gasteiger partial charge in [0.2, 0.25) is 5.91 Å². The molecule has 0 bridgehead atoms. The zero-order valence-corrected chi connectivity index (χ0v) is 30.7. The minimum Gasteiger partial charge on any atom is -0.436 e. The van der Waals surface area contributed by atoms with Gasteiger partial charge < -0.3 is 29.9 Å². The van der Waals surface area contributed by atoms with E-state index in [1.54, 1.807) is 38.4 Å². The fraction of sp³-hybridized carbons (Fsp3) is 0.676. The Morgan fingerprint density at radius 1 is 1.04 bits per heavy atom. The third-order valence-electron chi connectivity index (χ3n) is 9.19. The molecule has 0 radical (unpaired) electrons. The highest BCUT2D eigenvalue weighted by molar-refractivity contribution is 7.99. The molecular weight excluding hydrogens is 627 g/mol. The van der Waals surface area contributed by atoms with Crippen molar-refractivity contribution >= 4 is 29.7 Å². The Morgan fingerprint density at radius 2 is 1.75 bits per heavy atom. The normalized spacial score (nSPS) is 16.3. The van der Waals surface area contributed by atoms with Gasteiger partial charge in [0.15, 0.2) is 6.10 Å². The Morgan fingerprint density at radius 3 is 2.38 bits per heavy atom. The number of rotatable bonds is 19. The number of hydrogen-bond acceptors (Lipinski definition) is 7. The maximum Gasteiger partial charge on any atom is 0.410 e. The minimum absolute atomic E-state index is 0.161. The summed E-state index contributed by atoms with van der Waals surface area (Å²) in [7, 11) is 3.25. The summed E-state index contributed by atoms with van der Waals surface area (Å²) in [5.41, 5.74) is 1.46. The van der Waals surface area contributed by atoms with Crippen LogP contribution in [0, 0.1) is 11.8 Å². The van der Waals surface area contributed by atoms with Gasteiger partial charge >= 0.3 is 6.09 Å². The number of nitrogens with one attached hydrogen (secondary N) is 2. The fourth-order valence-corrected chi connectivity index (χ4v) is 7.05. The van der Waals surface area contributed by atoms with Crippen molar-refractivity contribution in [3.63, 3.8) is 0 Å². The van der Waals surface area contributed by atoms with E-state index < -0.39 is 36.3 Å². The monoisotopic (exact) mass is 685 g/mol. The molecule has 3 rings (SSSR count). The van der Waals surface area contributed by atoms with E-state index in [0.29, 0.717) is 42.2 Å². The van der Waals surface area contributed by atoms with Crippen LogP contribution in [0.15, 0.2) is 42.9 Å². The molecular formula is C37H59N5O5S. The predicted molar refractivity (Wildman–Crippen MR) is 193 cm³/mol. The molecule has 268 valence electrons. The molecule has 3 N–H and O–H groups in total. The minimum atomic E-state index is -1.14. The number of carbonyl (C=O) groups excluding carboxylic acids is 3. The molecule has 0 aliphatic heterocycles. The number of hydrogen-bond donors (Lipinski definition) is 3. The average molecular weight is 686 g/mol. The Kier molecular flexibility index (Phi) is 16.8. The first-order chi connectivity index (χ1) is 22.9. The Balaban J connectivity index is 1.84. The molecule has 48 heavy (non-hydrogen) atoms. The lowest BCUT2D eigenvalue weighted by atomic mass is 9.83. The Bertz CT molecular complexity index is 1220. The zero-order valence-electron chi connectivity index (χ0n) is 29.9. The Hall–Kier alpha value is -3.05. The van der Waals surface area contributed by atoms with E-state index in [1.165, 1.54) is 29.1 Å². The molecule has 10 nitrogen and oxygen atoms in total. The van der Waals surface area contributed by atoms with Crippen molar-refractivity contribution in [2.75, 3.05) is 26.4 Å². The lowest BCUT2D eigenvalue weighted by molar-refractivity contribution is -0.146. The van der Waals surface area contributed by atoms with Crippen LogP contribution in [0.5, 0.6) is 0 Å². The smallest absolute Gasteiger partial charge is 0.410 e. The largest absolute Gasteiger partial charge is 0.436 e. The van der Waals surface area contributed by atoms with Crippen LogP contribution >= 0.6 is 11.8 Å². The number of imidazole rings is 1. The van der Waals surface area contributed by atoms with Crippen LogP contribution < -0.4 is 5.32 Å². The second-order valence-electron chi connectivity index (χ2n) is 14.0. The number of carbonyl (C=O) groups is 3. The molecule has 4 atom stereocenters. The number of ether oxygens (including phenoxy) is 1. The second kappa shape index (κ2) is 20.5. The standard InChI is InChI=1S/C37H59N5O5S/c1-26(2)17-18-33(43)31(21-28-13-9-7-10-14-28)40-35(44)32(23-30-24-38-25-39-30)42(6)36(45)34(22-29-15-11-8-12-16-29)47-37(46)41(5)19-20-48-27(3)4/h8,11-12,15-16,24-28,31-34,43H,7,9-10,13-14,17-23H2,1-6H3,(H,38,39)(H,40,44)/t31-,32-,33-,34-/m0/s1. The van der Waals surface area contributed by atoms with Gasteiger partial charge in [-0.25, -0.2) is 9.78 Å². The number of aliphatic hydroxyl groups is 1. The maximum atomic E-state index is 14.3. The van der Waals surface area contributed by atoms with Crippen LogP contribution in [0.3, 0.4) is 0 Å². The van der Waals surface area contributed by atoms with Gasteiger partial charge in [-0.05, 0) is 41.9 Å². The predicted octanol–water partition coefficient (Wildman–Crippen LogP) is 5.85. The quantitative estimate of drug-likeness (QED) is 0.169. The van der Waals surface area contributed by atoms with E-state index in [1.807, 2.05) is 30.3 Å². The molecule has 1 aromatic carbocycles. The third kappa shape index (κ3) is 13.5. The number of aromatic amines is 1. The highest BCUT2D eigenvalue weighted by Gasteiger charge is 2.36. The van der Waals surface area contributed by atoms with E-state index in [4.69, 9.17) is 4.74 Å². The molecule has 1 aliphatic carbocycles. The van der Waals surface area contributed by atoms with Crippen LogP contribution in [0.4, 0.5) is 4.79 Å². The van der Waals surface area contributed by atoms with Gasteiger partial charge in [0.25, 0.3) is 5.91 Å². The first kappa shape index (κ1) is 39.4. The summed E-state index contributed by atoms with van der Waals surface area (Å²) in [5.74, 6) is 0.784. The van der Waals surface area contributed by atoms with Crippen LogP contribution in [0.2, 0.25) is 0 Å². The van der Waals surface area contributed by atoms with E-state index in [9.17, 15) is 19.5 Å². The van der Waals surface area contributed by atoms with Crippen molar-refractivity contribution in [3.05, 3.63) is 54.1 Å². The number of H-pyrrole nitrogens is 1. The number of amides is 3. The lowest BCUT2D eigenvalue weighted by Crippen LogP contribution is -2.56. The number of aromatic nitrogens is 2. The van der Waals surface area contributed by atoms with Crippen molar-refractivity contribution in [1.29, 1.82) is 0 Å². The van der Waals surface area contributed by atoms with Gasteiger partial charge in [0, 0.05) is 45.4 Å².